The highest BCUT2D eigenvalue weighted by atomic mass is 35.5. The summed E-state index contributed by atoms with van der Waals surface area (Å²) in [6, 6.07) is 5.48. The van der Waals surface area contributed by atoms with Crippen molar-refractivity contribution in [2.24, 2.45) is 0 Å². The smallest absolute Gasteiger partial charge is 0.289 e. The van der Waals surface area contributed by atoms with Crippen molar-refractivity contribution < 1.29 is 4.79 Å². The zero-order valence-electron chi connectivity index (χ0n) is 10.2. The summed E-state index contributed by atoms with van der Waals surface area (Å²) < 4.78 is 0. The molecule has 1 aromatic heterocycles. The van der Waals surface area contributed by atoms with Crippen LogP contribution in [0.3, 0.4) is 0 Å². The average Bonchev–Trinajstić information content (AvgIpc) is 2.91. The van der Waals surface area contributed by atoms with Gasteiger partial charge in [0, 0.05) is 29.2 Å². The number of nitrogens with one attached hydrogen (secondary N) is 2. The number of benzene rings is 1. The van der Waals surface area contributed by atoms with Gasteiger partial charge in [-0.15, -0.1) is 0 Å². The van der Waals surface area contributed by atoms with E-state index >= 15 is 0 Å². The third-order valence-electron chi connectivity index (χ3n) is 3.14. The van der Waals surface area contributed by atoms with Gasteiger partial charge in [-0.1, -0.05) is 11.6 Å². The lowest BCUT2D eigenvalue weighted by Crippen LogP contribution is -2.37. The largest absolute Gasteiger partial charge is 0.345 e. The number of fused-ring (bicyclic) bond motifs is 1. The Hall–Kier alpha value is -1.72. The molecule has 19 heavy (non-hydrogen) atoms. The second-order valence-electron chi connectivity index (χ2n) is 4.56. The fraction of sp³-hybridized carbons (Fsp3) is 0.308. The van der Waals surface area contributed by atoms with E-state index in [0.29, 0.717) is 10.5 Å². The minimum Gasteiger partial charge on any atom is -0.345 e. The average molecular weight is 277 g/mol. The molecule has 1 fully saturated rings. The molecule has 1 unspecified atom stereocenters. The van der Waals surface area contributed by atoms with Gasteiger partial charge in [0.25, 0.3) is 5.91 Å². The molecule has 1 atom stereocenters. The Labute approximate surface area is 115 Å². The molecular formula is C13H13ClN4O. The van der Waals surface area contributed by atoms with E-state index in [1.807, 2.05) is 0 Å². The molecule has 98 valence electrons. The van der Waals surface area contributed by atoms with E-state index in [4.69, 9.17) is 11.6 Å². The van der Waals surface area contributed by atoms with Crippen molar-refractivity contribution in [2.45, 2.75) is 12.5 Å². The molecule has 6 heteroatoms. The monoisotopic (exact) mass is 276 g/mol. The Morgan fingerprint density at radius 2 is 2.37 bits per heavy atom. The van der Waals surface area contributed by atoms with Crippen LogP contribution in [0, 0.1) is 0 Å². The number of halogens is 1. The van der Waals surface area contributed by atoms with Gasteiger partial charge in [0.15, 0.2) is 0 Å². The van der Waals surface area contributed by atoms with Gasteiger partial charge in [-0.3, -0.25) is 4.79 Å². The second kappa shape index (κ2) is 5.11. The maximum absolute atomic E-state index is 12.0. The lowest BCUT2D eigenvalue weighted by Gasteiger charge is -2.10. The van der Waals surface area contributed by atoms with E-state index < -0.39 is 0 Å². The summed E-state index contributed by atoms with van der Waals surface area (Å²) in [5, 5.41) is 7.57. The molecule has 2 N–H and O–H groups in total. The molecule has 1 aromatic carbocycles. The van der Waals surface area contributed by atoms with E-state index in [1.165, 1.54) is 0 Å². The van der Waals surface area contributed by atoms with Crippen molar-refractivity contribution in [3.8, 4) is 0 Å². The molecule has 2 heterocycles. The summed E-state index contributed by atoms with van der Waals surface area (Å²) in [5.41, 5.74) is 0.717. The third-order valence-corrected chi connectivity index (χ3v) is 3.38. The van der Waals surface area contributed by atoms with Gasteiger partial charge in [-0.25, -0.2) is 9.97 Å². The molecule has 0 spiro atoms. The number of carbonyl (C=O) groups is 1. The van der Waals surface area contributed by atoms with Gasteiger partial charge in [0.1, 0.15) is 0 Å². The van der Waals surface area contributed by atoms with Crippen molar-refractivity contribution in [3.63, 3.8) is 0 Å². The van der Waals surface area contributed by atoms with Gasteiger partial charge in [-0.05, 0) is 31.2 Å². The fourth-order valence-corrected chi connectivity index (χ4v) is 2.32. The number of carbonyl (C=O) groups excluding carboxylic acids is 1. The van der Waals surface area contributed by atoms with Crippen LogP contribution in [0.25, 0.3) is 10.9 Å². The van der Waals surface area contributed by atoms with Crippen LogP contribution in [0.4, 0.5) is 0 Å². The van der Waals surface area contributed by atoms with Crippen molar-refractivity contribution in [3.05, 3.63) is 35.2 Å². The molecule has 1 amide bonds. The number of hydrogen-bond donors (Lipinski definition) is 2. The Balaban J connectivity index is 1.83. The fourth-order valence-electron chi connectivity index (χ4n) is 2.14. The van der Waals surface area contributed by atoms with Crippen LogP contribution >= 0.6 is 11.6 Å². The third kappa shape index (κ3) is 2.67. The van der Waals surface area contributed by atoms with E-state index in [1.54, 1.807) is 24.4 Å². The predicted octanol–water partition coefficient (Wildman–Crippen LogP) is 1.37. The van der Waals surface area contributed by atoms with Crippen molar-refractivity contribution in [1.29, 1.82) is 0 Å². The zero-order chi connectivity index (χ0) is 13.2. The van der Waals surface area contributed by atoms with Crippen LogP contribution in [-0.2, 0) is 0 Å². The minimum atomic E-state index is -0.231. The molecule has 0 saturated carbocycles. The highest BCUT2D eigenvalue weighted by molar-refractivity contribution is 6.31. The van der Waals surface area contributed by atoms with Gasteiger partial charge < -0.3 is 10.6 Å². The molecule has 5 nitrogen and oxygen atoms in total. The van der Waals surface area contributed by atoms with Crippen LogP contribution < -0.4 is 10.6 Å². The Kier molecular flexibility index (Phi) is 3.31. The van der Waals surface area contributed by atoms with E-state index in [-0.39, 0.29) is 17.8 Å². The Morgan fingerprint density at radius 1 is 1.47 bits per heavy atom. The molecular weight excluding hydrogens is 264 g/mol. The first-order valence-corrected chi connectivity index (χ1v) is 6.54. The minimum absolute atomic E-state index is 0.164. The number of rotatable bonds is 2. The number of aromatic nitrogens is 2. The standard InChI is InChI=1S/C13H13ClN4O/c14-9-1-2-11-8(5-9)6-16-12(18-11)13(19)17-10-3-4-15-7-10/h1-2,5-6,10,15H,3-4,7H2,(H,17,19). The maximum Gasteiger partial charge on any atom is 0.289 e. The normalized spacial score (nSPS) is 18.7. The van der Waals surface area contributed by atoms with Crippen molar-refractivity contribution >= 4 is 28.4 Å². The molecule has 1 aliphatic heterocycles. The molecule has 0 radical (unpaired) electrons. The van der Waals surface area contributed by atoms with Crippen molar-refractivity contribution in [2.75, 3.05) is 13.1 Å². The van der Waals surface area contributed by atoms with Gasteiger partial charge >= 0.3 is 0 Å². The molecule has 0 bridgehead atoms. The summed E-state index contributed by atoms with van der Waals surface area (Å²) in [4.78, 5) is 20.4. The summed E-state index contributed by atoms with van der Waals surface area (Å²) in [6.07, 6.45) is 2.56. The summed E-state index contributed by atoms with van der Waals surface area (Å²) in [7, 11) is 0. The van der Waals surface area contributed by atoms with Gasteiger partial charge in [0.05, 0.1) is 5.52 Å². The lowest BCUT2D eigenvalue weighted by molar-refractivity contribution is 0.0930. The topological polar surface area (TPSA) is 66.9 Å². The lowest BCUT2D eigenvalue weighted by atomic mass is 10.2. The summed E-state index contributed by atoms with van der Waals surface area (Å²) in [6.45, 7) is 1.73. The molecule has 2 aromatic rings. The van der Waals surface area contributed by atoms with Crippen LogP contribution in [-0.4, -0.2) is 35.0 Å². The van der Waals surface area contributed by atoms with Crippen LogP contribution in [0.2, 0.25) is 5.02 Å². The van der Waals surface area contributed by atoms with Crippen LogP contribution in [0.1, 0.15) is 17.0 Å². The first kappa shape index (κ1) is 12.3. The van der Waals surface area contributed by atoms with E-state index in [0.717, 1.165) is 24.9 Å². The number of amides is 1. The van der Waals surface area contributed by atoms with E-state index in [2.05, 4.69) is 20.6 Å². The number of nitrogens with zero attached hydrogens (tertiary/aromatic N) is 2. The van der Waals surface area contributed by atoms with Gasteiger partial charge in [-0.2, -0.15) is 0 Å². The summed E-state index contributed by atoms with van der Waals surface area (Å²) >= 11 is 5.89. The Morgan fingerprint density at radius 3 is 3.16 bits per heavy atom. The van der Waals surface area contributed by atoms with Gasteiger partial charge in [0.2, 0.25) is 5.82 Å². The van der Waals surface area contributed by atoms with Crippen LogP contribution in [0.5, 0.6) is 0 Å². The second-order valence-corrected chi connectivity index (χ2v) is 5.00. The summed E-state index contributed by atoms with van der Waals surface area (Å²) in [5.74, 6) is -0.0349. The van der Waals surface area contributed by atoms with Crippen LogP contribution in [0.15, 0.2) is 24.4 Å². The first-order chi connectivity index (χ1) is 9.22. The SMILES string of the molecule is O=C(NC1CCNC1)c1ncc2cc(Cl)ccc2n1. The molecule has 0 aliphatic carbocycles. The zero-order valence-corrected chi connectivity index (χ0v) is 10.9. The molecule has 1 aliphatic rings. The highest BCUT2D eigenvalue weighted by Crippen LogP contribution is 2.16. The van der Waals surface area contributed by atoms with Crippen molar-refractivity contribution in [1.82, 2.24) is 20.6 Å². The highest BCUT2D eigenvalue weighted by Gasteiger charge is 2.19. The predicted molar refractivity (Wildman–Crippen MR) is 73.3 cm³/mol. The van der Waals surface area contributed by atoms with E-state index in [9.17, 15) is 4.79 Å². The number of hydrogen-bond acceptors (Lipinski definition) is 4. The maximum atomic E-state index is 12.0. The Bertz CT molecular complexity index is 625. The quantitative estimate of drug-likeness (QED) is 0.870. The molecule has 3 rings (SSSR count). The first-order valence-electron chi connectivity index (χ1n) is 6.16. The molecule has 1 saturated heterocycles.